The van der Waals surface area contributed by atoms with E-state index in [1.807, 2.05) is 35.0 Å². The molecule has 0 unspecified atom stereocenters. The van der Waals surface area contributed by atoms with Crippen molar-refractivity contribution >= 4 is 33.2 Å². The van der Waals surface area contributed by atoms with E-state index in [9.17, 15) is 13.2 Å². The molecule has 0 spiro atoms. The fourth-order valence-corrected chi connectivity index (χ4v) is 3.21. The van der Waals surface area contributed by atoms with Crippen LogP contribution in [0.2, 0.25) is 5.02 Å². The van der Waals surface area contributed by atoms with Crippen molar-refractivity contribution in [3.63, 3.8) is 0 Å². The van der Waals surface area contributed by atoms with Crippen molar-refractivity contribution in [1.29, 1.82) is 0 Å². The van der Waals surface area contributed by atoms with Crippen molar-refractivity contribution in [3.05, 3.63) is 77.3 Å². The van der Waals surface area contributed by atoms with E-state index in [1.165, 1.54) is 18.2 Å². The molecule has 0 bridgehead atoms. The fourth-order valence-electron chi connectivity index (χ4n) is 2.45. The number of anilines is 1. The summed E-state index contributed by atoms with van der Waals surface area (Å²) in [6.45, 7) is 0.309. The van der Waals surface area contributed by atoms with Gasteiger partial charge in [-0.05, 0) is 35.9 Å². The molecule has 27 heavy (non-hydrogen) atoms. The second-order valence-corrected chi connectivity index (χ2v) is 8.04. The number of sulfonamides is 1. The second-order valence-electron chi connectivity index (χ2n) is 5.89. The van der Waals surface area contributed by atoms with E-state index in [0.29, 0.717) is 6.54 Å². The zero-order valence-corrected chi connectivity index (χ0v) is 16.0. The number of carbonyl (C=O) groups excluding carboxylic acids is 1. The van der Waals surface area contributed by atoms with E-state index in [2.05, 4.69) is 15.0 Å². The average Bonchev–Trinajstić information content (AvgIpc) is 3.15. The van der Waals surface area contributed by atoms with Gasteiger partial charge in [-0.2, -0.15) is 0 Å². The molecule has 1 aromatic heterocycles. The Hall–Kier alpha value is -2.84. The zero-order chi connectivity index (χ0) is 19.4. The smallest absolute Gasteiger partial charge is 0.253 e. The van der Waals surface area contributed by atoms with Crippen LogP contribution in [-0.4, -0.2) is 30.1 Å². The van der Waals surface area contributed by atoms with Gasteiger partial charge in [0.1, 0.15) is 0 Å². The van der Waals surface area contributed by atoms with Crippen LogP contribution >= 0.6 is 11.6 Å². The first kappa shape index (κ1) is 18.9. The first-order valence-corrected chi connectivity index (χ1v) is 10.2. The third kappa shape index (κ3) is 5.08. The van der Waals surface area contributed by atoms with Crippen LogP contribution in [0.1, 0.15) is 15.9 Å². The summed E-state index contributed by atoms with van der Waals surface area (Å²) >= 11 is 6.08. The summed E-state index contributed by atoms with van der Waals surface area (Å²) in [5, 5.41) is 3.02. The third-order valence-corrected chi connectivity index (χ3v) is 4.64. The minimum absolute atomic E-state index is 0.195. The Kier molecular flexibility index (Phi) is 5.48. The quantitative estimate of drug-likeness (QED) is 0.660. The number of nitrogens with one attached hydrogen (secondary N) is 2. The third-order valence-electron chi connectivity index (χ3n) is 3.71. The lowest BCUT2D eigenvalue weighted by atomic mass is 10.1. The van der Waals surface area contributed by atoms with Crippen LogP contribution in [0.5, 0.6) is 0 Å². The Bertz CT molecular complexity index is 1050. The van der Waals surface area contributed by atoms with E-state index in [-0.39, 0.29) is 16.3 Å². The topological polar surface area (TPSA) is 93.1 Å². The largest absolute Gasteiger partial charge is 0.348 e. The van der Waals surface area contributed by atoms with Crippen molar-refractivity contribution in [2.75, 3.05) is 11.0 Å². The molecular formula is C18H17ClN4O3S. The number of nitrogens with zero attached hydrogens (tertiary/aromatic N) is 2. The zero-order valence-electron chi connectivity index (χ0n) is 14.4. The molecule has 0 aliphatic heterocycles. The van der Waals surface area contributed by atoms with E-state index in [4.69, 9.17) is 11.6 Å². The molecule has 1 heterocycles. The summed E-state index contributed by atoms with van der Waals surface area (Å²) < 4.78 is 26.9. The summed E-state index contributed by atoms with van der Waals surface area (Å²) in [5.41, 5.74) is 2.34. The number of hydrogen-bond acceptors (Lipinski definition) is 4. The number of benzene rings is 2. The summed E-state index contributed by atoms with van der Waals surface area (Å²) in [4.78, 5) is 16.4. The van der Waals surface area contributed by atoms with Crippen molar-refractivity contribution in [1.82, 2.24) is 14.9 Å². The van der Waals surface area contributed by atoms with Gasteiger partial charge in [0.25, 0.3) is 5.91 Å². The van der Waals surface area contributed by atoms with Crippen LogP contribution in [0.4, 0.5) is 5.69 Å². The summed E-state index contributed by atoms with van der Waals surface area (Å²) in [6, 6.07) is 12.0. The normalized spacial score (nSPS) is 11.2. The second kappa shape index (κ2) is 7.81. The molecule has 0 aliphatic rings. The summed E-state index contributed by atoms with van der Waals surface area (Å²) in [5.74, 6) is -0.393. The van der Waals surface area contributed by atoms with Gasteiger partial charge in [0.05, 0.1) is 23.2 Å². The molecule has 0 radical (unpaired) electrons. The van der Waals surface area contributed by atoms with Gasteiger partial charge < -0.3 is 9.88 Å². The Balaban J connectivity index is 1.68. The molecule has 1 amide bonds. The maximum atomic E-state index is 12.4. The highest BCUT2D eigenvalue weighted by atomic mass is 35.5. The van der Waals surface area contributed by atoms with Gasteiger partial charge in [0.15, 0.2) is 0 Å². The van der Waals surface area contributed by atoms with Gasteiger partial charge >= 0.3 is 0 Å². The summed E-state index contributed by atoms with van der Waals surface area (Å²) in [6.07, 6.45) is 6.28. The van der Waals surface area contributed by atoms with Gasteiger partial charge in [-0.25, -0.2) is 13.4 Å². The lowest BCUT2D eigenvalue weighted by molar-refractivity contribution is 0.0951. The van der Waals surface area contributed by atoms with Crippen LogP contribution in [0.3, 0.4) is 0 Å². The molecule has 3 aromatic rings. The average molecular weight is 405 g/mol. The Morgan fingerprint density at radius 3 is 2.56 bits per heavy atom. The number of halogens is 1. The van der Waals surface area contributed by atoms with Gasteiger partial charge in [0.2, 0.25) is 10.0 Å². The monoisotopic (exact) mass is 404 g/mol. The predicted octanol–water partition coefficient (Wildman–Crippen LogP) is 2.83. The molecule has 2 N–H and O–H groups in total. The van der Waals surface area contributed by atoms with E-state index in [1.54, 1.807) is 12.5 Å². The molecule has 9 heteroatoms. The first-order chi connectivity index (χ1) is 12.8. The number of amides is 1. The predicted molar refractivity (Wildman–Crippen MR) is 105 cm³/mol. The standard InChI is InChI=1S/C18H17ClN4O3S/c1-27(25,26)22-14-4-7-17(19)16(10-14)18(24)21-11-13-2-5-15(6-3-13)23-9-8-20-12-23/h2-10,12,22H,11H2,1H3,(H,21,24). The highest BCUT2D eigenvalue weighted by molar-refractivity contribution is 7.92. The Labute approximate surface area is 162 Å². The van der Waals surface area contributed by atoms with Crippen LogP contribution in [0.25, 0.3) is 5.69 Å². The molecule has 3 rings (SSSR count). The van der Waals surface area contributed by atoms with Gasteiger partial charge in [0, 0.05) is 30.3 Å². The molecule has 140 valence electrons. The molecule has 0 fully saturated rings. The molecule has 0 atom stereocenters. The number of aromatic nitrogens is 2. The van der Waals surface area contributed by atoms with Crippen LogP contribution in [0, 0.1) is 0 Å². The van der Waals surface area contributed by atoms with E-state index in [0.717, 1.165) is 17.5 Å². The van der Waals surface area contributed by atoms with Crippen LogP contribution in [-0.2, 0) is 16.6 Å². The highest BCUT2D eigenvalue weighted by Gasteiger charge is 2.12. The van der Waals surface area contributed by atoms with Crippen LogP contribution in [0.15, 0.2) is 61.2 Å². The lowest BCUT2D eigenvalue weighted by Crippen LogP contribution is -2.23. The van der Waals surface area contributed by atoms with E-state index >= 15 is 0 Å². The number of hydrogen-bond donors (Lipinski definition) is 2. The van der Waals surface area contributed by atoms with Crippen molar-refractivity contribution in [3.8, 4) is 5.69 Å². The first-order valence-electron chi connectivity index (χ1n) is 7.95. The fraction of sp³-hybridized carbons (Fsp3) is 0.111. The highest BCUT2D eigenvalue weighted by Crippen LogP contribution is 2.21. The molecular weight excluding hydrogens is 388 g/mol. The van der Waals surface area contributed by atoms with Gasteiger partial charge in [-0.1, -0.05) is 23.7 Å². The maximum absolute atomic E-state index is 12.4. The number of imidazole rings is 1. The molecule has 0 saturated heterocycles. The minimum atomic E-state index is -3.44. The van der Waals surface area contributed by atoms with Crippen LogP contribution < -0.4 is 10.0 Å². The van der Waals surface area contributed by atoms with Gasteiger partial charge in [-0.15, -0.1) is 0 Å². The van der Waals surface area contributed by atoms with Crippen molar-refractivity contribution in [2.45, 2.75) is 6.54 Å². The number of rotatable bonds is 6. The number of carbonyl (C=O) groups is 1. The molecule has 0 saturated carbocycles. The summed E-state index contributed by atoms with van der Waals surface area (Å²) in [7, 11) is -3.44. The molecule has 0 aliphatic carbocycles. The lowest BCUT2D eigenvalue weighted by Gasteiger charge is -2.10. The Morgan fingerprint density at radius 2 is 1.93 bits per heavy atom. The maximum Gasteiger partial charge on any atom is 0.253 e. The Morgan fingerprint density at radius 1 is 1.19 bits per heavy atom. The SMILES string of the molecule is CS(=O)(=O)Nc1ccc(Cl)c(C(=O)NCc2ccc(-n3ccnc3)cc2)c1. The van der Waals surface area contributed by atoms with Crippen molar-refractivity contribution in [2.24, 2.45) is 0 Å². The minimum Gasteiger partial charge on any atom is -0.348 e. The molecule has 2 aromatic carbocycles. The van der Waals surface area contributed by atoms with Gasteiger partial charge in [-0.3, -0.25) is 9.52 Å². The van der Waals surface area contributed by atoms with E-state index < -0.39 is 15.9 Å². The van der Waals surface area contributed by atoms with Crippen molar-refractivity contribution < 1.29 is 13.2 Å². The molecule has 7 nitrogen and oxygen atoms in total.